The molecule has 0 aromatic heterocycles. The Morgan fingerprint density at radius 3 is 2.54 bits per heavy atom. The van der Waals surface area contributed by atoms with Gasteiger partial charge in [-0.2, -0.15) is 0 Å². The van der Waals surface area contributed by atoms with Crippen LogP contribution in [0.3, 0.4) is 0 Å². The van der Waals surface area contributed by atoms with Crippen molar-refractivity contribution in [3.63, 3.8) is 0 Å². The van der Waals surface area contributed by atoms with Crippen molar-refractivity contribution in [2.45, 2.75) is 32.1 Å². The van der Waals surface area contributed by atoms with E-state index in [4.69, 9.17) is 9.84 Å². The molecule has 2 aliphatic rings. The molecule has 13 heavy (non-hydrogen) atoms. The lowest BCUT2D eigenvalue weighted by atomic mass is 9.78. The van der Waals surface area contributed by atoms with Crippen LogP contribution in [0, 0.1) is 11.3 Å². The monoisotopic (exact) mass is 184 g/mol. The normalized spacial score (nSPS) is 32.2. The Hall–Kier alpha value is -0.570. The Balaban J connectivity index is 1.98. The van der Waals surface area contributed by atoms with Gasteiger partial charge < -0.3 is 9.84 Å². The van der Waals surface area contributed by atoms with Gasteiger partial charge in [0.25, 0.3) is 0 Å². The van der Waals surface area contributed by atoms with E-state index in [0.717, 1.165) is 45.3 Å². The van der Waals surface area contributed by atoms with Gasteiger partial charge in [-0.15, -0.1) is 0 Å². The molecular formula is C10H16O3. The molecular weight excluding hydrogens is 168 g/mol. The van der Waals surface area contributed by atoms with Gasteiger partial charge >= 0.3 is 5.97 Å². The summed E-state index contributed by atoms with van der Waals surface area (Å²) in [5.41, 5.74) is 0.321. The standard InChI is InChI=1S/C10H16O3/c11-9(12)8-1-2-10(7-8)3-5-13-6-4-10/h8H,1-7H2,(H,11,12). The molecule has 2 fully saturated rings. The summed E-state index contributed by atoms with van der Waals surface area (Å²) in [5, 5.41) is 8.90. The summed E-state index contributed by atoms with van der Waals surface area (Å²) in [4.78, 5) is 10.8. The average Bonchev–Trinajstić information content (AvgIpc) is 2.51. The molecule has 1 aliphatic carbocycles. The minimum atomic E-state index is -0.608. The van der Waals surface area contributed by atoms with Gasteiger partial charge in [-0.1, -0.05) is 0 Å². The number of hydrogen-bond donors (Lipinski definition) is 1. The van der Waals surface area contributed by atoms with E-state index >= 15 is 0 Å². The fourth-order valence-electron chi connectivity index (χ4n) is 2.68. The van der Waals surface area contributed by atoms with Crippen molar-refractivity contribution >= 4 is 5.97 Å². The summed E-state index contributed by atoms with van der Waals surface area (Å²) in [6.07, 6.45) is 4.97. The largest absolute Gasteiger partial charge is 0.481 e. The van der Waals surface area contributed by atoms with E-state index in [1.165, 1.54) is 0 Å². The second kappa shape index (κ2) is 3.29. The van der Waals surface area contributed by atoms with Crippen molar-refractivity contribution in [2.75, 3.05) is 13.2 Å². The van der Waals surface area contributed by atoms with E-state index in [0.29, 0.717) is 5.41 Å². The first kappa shape index (κ1) is 9.00. The van der Waals surface area contributed by atoms with Gasteiger partial charge in [-0.25, -0.2) is 0 Å². The maximum absolute atomic E-state index is 10.8. The van der Waals surface area contributed by atoms with Crippen molar-refractivity contribution in [2.24, 2.45) is 11.3 Å². The Morgan fingerprint density at radius 1 is 1.31 bits per heavy atom. The molecule has 1 saturated carbocycles. The molecule has 74 valence electrons. The van der Waals surface area contributed by atoms with E-state index in [9.17, 15) is 4.79 Å². The van der Waals surface area contributed by atoms with Gasteiger partial charge in [-0.05, 0) is 37.5 Å². The van der Waals surface area contributed by atoms with Gasteiger partial charge in [0.15, 0.2) is 0 Å². The number of carbonyl (C=O) groups is 1. The SMILES string of the molecule is O=C(O)C1CCC2(CCOCC2)C1. The maximum atomic E-state index is 10.8. The first-order chi connectivity index (χ1) is 6.22. The Morgan fingerprint density at radius 2 is 2.00 bits per heavy atom. The number of hydrogen-bond acceptors (Lipinski definition) is 2. The van der Waals surface area contributed by atoms with Crippen LogP contribution in [0.4, 0.5) is 0 Å². The van der Waals surface area contributed by atoms with Gasteiger partial charge in [0.1, 0.15) is 0 Å². The van der Waals surface area contributed by atoms with Crippen LogP contribution in [-0.4, -0.2) is 24.3 Å². The van der Waals surface area contributed by atoms with Crippen LogP contribution in [0.1, 0.15) is 32.1 Å². The Bertz CT molecular complexity index is 206. The van der Waals surface area contributed by atoms with Gasteiger partial charge in [0.05, 0.1) is 5.92 Å². The van der Waals surface area contributed by atoms with Crippen LogP contribution < -0.4 is 0 Å². The molecule has 1 N–H and O–H groups in total. The number of aliphatic carboxylic acids is 1. The molecule has 1 heterocycles. The highest BCUT2D eigenvalue weighted by Gasteiger charge is 2.42. The lowest BCUT2D eigenvalue weighted by molar-refractivity contribution is -0.142. The van der Waals surface area contributed by atoms with Crippen LogP contribution in [0.5, 0.6) is 0 Å². The molecule has 0 aromatic carbocycles. The van der Waals surface area contributed by atoms with Crippen LogP contribution in [0.25, 0.3) is 0 Å². The minimum absolute atomic E-state index is 0.0851. The molecule has 0 aromatic rings. The zero-order chi connectivity index (χ0) is 9.31. The highest BCUT2D eigenvalue weighted by Crippen LogP contribution is 2.48. The van der Waals surface area contributed by atoms with Crippen molar-refractivity contribution in [1.29, 1.82) is 0 Å². The topological polar surface area (TPSA) is 46.5 Å². The van der Waals surface area contributed by atoms with Gasteiger partial charge in [-0.3, -0.25) is 4.79 Å². The van der Waals surface area contributed by atoms with E-state index in [1.807, 2.05) is 0 Å². The molecule has 1 unspecified atom stereocenters. The van der Waals surface area contributed by atoms with E-state index < -0.39 is 5.97 Å². The first-order valence-electron chi connectivity index (χ1n) is 5.02. The molecule has 2 rings (SSSR count). The number of ether oxygens (including phenoxy) is 1. The second-order valence-electron chi connectivity index (χ2n) is 4.39. The number of carboxylic acids is 1. The third-order valence-corrected chi connectivity index (χ3v) is 3.61. The number of carboxylic acid groups (broad SMARTS) is 1. The molecule has 0 amide bonds. The van der Waals surface area contributed by atoms with E-state index in [-0.39, 0.29) is 5.92 Å². The highest BCUT2D eigenvalue weighted by molar-refractivity contribution is 5.70. The summed E-state index contributed by atoms with van der Waals surface area (Å²) in [6.45, 7) is 1.65. The molecule has 1 aliphatic heterocycles. The van der Waals surface area contributed by atoms with E-state index in [2.05, 4.69) is 0 Å². The van der Waals surface area contributed by atoms with E-state index in [1.54, 1.807) is 0 Å². The quantitative estimate of drug-likeness (QED) is 0.674. The molecule has 0 radical (unpaired) electrons. The smallest absolute Gasteiger partial charge is 0.306 e. The maximum Gasteiger partial charge on any atom is 0.306 e. The van der Waals surface area contributed by atoms with Crippen molar-refractivity contribution in [1.82, 2.24) is 0 Å². The first-order valence-corrected chi connectivity index (χ1v) is 5.02. The predicted molar refractivity (Wildman–Crippen MR) is 47.5 cm³/mol. The van der Waals surface area contributed by atoms with Gasteiger partial charge in [0, 0.05) is 13.2 Å². The van der Waals surface area contributed by atoms with Crippen LogP contribution in [0.15, 0.2) is 0 Å². The molecule has 3 heteroatoms. The zero-order valence-corrected chi connectivity index (χ0v) is 7.79. The minimum Gasteiger partial charge on any atom is -0.481 e. The van der Waals surface area contributed by atoms with Crippen LogP contribution >= 0.6 is 0 Å². The second-order valence-corrected chi connectivity index (χ2v) is 4.39. The van der Waals surface area contributed by atoms with Crippen molar-refractivity contribution in [3.05, 3.63) is 0 Å². The molecule has 3 nitrogen and oxygen atoms in total. The number of rotatable bonds is 1. The Labute approximate surface area is 78.1 Å². The van der Waals surface area contributed by atoms with Crippen molar-refractivity contribution in [3.8, 4) is 0 Å². The summed E-state index contributed by atoms with van der Waals surface area (Å²) in [6, 6.07) is 0. The Kier molecular flexibility index (Phi) is 2.28. The molecule has 1 atom stereocenters. The average molecular weight is 184 g/mol. The summed E-state index contributed by atoms with van der Waals surface area (Å²) >= 11 is 0. The summed E-state index contributed by atoms with van der Waals surface area (Å²) in [7, 11) is 0. The third-order valence-electron chi connectivity index (χ3n) is 3.61. The molecule has 1 spiro atoms. The predicted octanol–water partition coefficient (Wildman–Crippen LogP) is 1.67. The molecule has 0 bridgehead atoms. The summed E-state index contributed by atoms with van der Waals surface area (Å²) in [5.74, 6) is -0.693. The third kappa shape index (κ3) is 1.70. The highest BCUT2D eigenvalue weighted by atomic mass is 16.5. The van der Waals surface area contributed by atoms with Gasteiger partial charge in [0.2, 0.25) is 0 Å². The van der Waals surface area contributed by atoms with Crippen LogP contribution in [0.2, 0.25) is 0 Å². The fourth-order valence-corrected chi connectivity index (χ4v) is 2.68. The summed E-state index contributed by atoms with van der Waals surface area (Å²) < 4.78 is 5.30. The molecule has 1 saturated heterocycles. The zero-order valence-electron chi connectivity index (χ0n) is 7.79. The fraction of sp³-hybridized carbons (Fsp3) is 0.900. The lowest BCUT2D eigenvalue weighted by Crippen LogP contribution is -2.27. The lowest BCUT2D eigenvalue weighted by Gasteiger charge is -2.33. The van der Waals surface area contributed by atoms with Crippen LogP contribution in [-0.2, 0) is 9.53 Å². The van der Waals surface area contributed by atoms with Crippen molar-refractivity contribution < 1.29 is 14.6 Å².